The number of hydrogen-bond donors (Lipinski definition) is 4. The zero-order chi connectivity index (χ0) is 19.3. The lowest BCUT2D eigenvalue weighted by Gasteiger charge is -1.99. The summed E-state index contributed by atoms with van der Waals surface area (Å²) in [4.78, 5) is 21.9. The van der Waals surface area contributed by atoms with E-state index in [0.717, 1.165) is 51.4 Å². The predicted molar refractivity (Wildman–Crippen MR) is 108 cm³/mol. The molecule has 0 rings (SSSR count). The van der Waals surface area contributed by atoms with E-state index in [1.807, 2.05) is 0 Å². The summed E-state index contributed by atoms with van der Waals surface area (Å²) in [5, 5.41) is 0. The number of rotatable bonds is 17. The second kappa shape index (κ2) is 19.7. The predicted octanol–water partition coefficient (Wildman–Crippen LogP) is 3.54. The molecule has 0 fully saturated rings. The maximum absolute atomic E-state index is 10.9. The summed E-state index contributed by atoms with van der Waals surface area (Å²) < 4.78 is 0. The highest BCUT2D eigenvalue weighted by atomic mass is 16.2. The Balaban J connectivity index is 3.25. The van der Waals surface area contributed by atoms with Crippen LogP contribution in [0.25, 0.3) is 0 Å². The average Bonchev–Trinajstić information content (AvgIpc) is 2.66. The second-order valence-corrected chi connectivity index (χ2v) is 6.56. The highest BCUT2D eigenvalue weighted by Crippen LogP contribution is 2.08. The van der Waals surface area contributed by atoms with Crippen LogP contribution in [0, 0.1) is 0 Å². The summed E-state index contributed by atoms with van der Waals surface area (Å²) in [5.74, 6) is 9.91. The largest absolute Gasteiger partial charge is 0.294 e. The van der Waals surface area contributed by atoms with Crippen molar-refractivity contribution in [1.82, 2.24) is 10.9 Å². The fraction of sp³-hybridized carbons (Fsp3) is 0.700. The van der Waals surface area contributed by atoms with E-state index in [1.165, 1.54) is 25.7 Å². The first-order chi connectivity index (χ1) is 12.7. The van der Waals surface area contributed by atoms with Crippen LogP contribution in [0.15, 0.2) is 24.3 Å². The number of hydrogen-bond acceptors (Lipinski definition) is 4. The van der Waals surface area contributed by atoms with Crippen LogP contribution in [0.4, 0.5) is 0 Å². The van der Waals surface area contributed by atoms with Crippen LogP contribution in [0.2, 0.25) is 0 Å². The molecule has 0 aromatic rings. The summed E-state index contributed by atoms with van der Waals surface area (Å²) in [6.07, 6.45) is 23.3. The molecule has 6 N–H and O–H groups in total. The number of carbonyl (C=O) groups excluding carboxylic acids is 2. The summed E-state index contributed by atoms with van der Waals surface area (Å²) in [6, 6.07) is 0. The van der Waals surface area contributed by atoms with E-state index in [-0.39, 0.29) is 11.8 Å². The van der Waals surface area contributed by atoms with E-state index in [1.54, 1.807) is 0 Å². The molecular weight excluding hydrogens is 328 g/mol. The van der Waals surface area contributed by atoms with Crippen molar-refractivity contribution in [2.75, 3.05) is 0 Å². The molecule has 0 radical (unpaired) electrons. The zero-order valence-electron chi connectivity index (χ0n) is 16.2. The van der Waals surface area contributed by atoms with Crippen molar-refractivity contribution < 1.29 is 9.59 Å². The molecule has 2 amide bonds. The van der Waals surface area contributed by atoms with E-state index >= 15 is 0 Å². The van der Waals surface area contributed by atoms with Gasteiger partial charge in [0.2, 0.25) is 11.8 Å². The molecule has 0 atom stereocenters. The summed E-state index contributed by atoms with van der Waals surface area (Å²) in [5.41, 5.74) is 4.31. The molecule has 0 spiro atoms. The van der Waals surface area contributed by atoms with Gasteiger partial charge >= 0.3 is 0 Å². The first-order valence-corrected chi connectivity index (χ1v) is 9.99. The lowest BCUT2D eigenvalue weighted by atomic mass is 10.1. The van der Waals surface area contributed by atoms with Gasteiger partial charge in [0, 0.05) is 12.8 Å². The fourth-order valence-electron chi connectivity index (χ4n) is 2.61. The molecule has 0 aromatic heterocycles. The van der Waals surface area contributed by atoms with Gasteiger partial charge in [-0.3, -0.25) is 20.4 Å². The number of hydrazine groups is 2. The molecule has 6 heteroatoms. The van der Waals surface area contributed by atoms with Crippen molar-refractivity contribution in [3.63, 3.8) is 0 Å². The molecule has 0 unspecified atom stereocenters. The molecule has 0 heterocycles. The third-order valence-electron chi connectivity index (χ3n) is 4.20. The maximum Gasteiger partial charge on any atom is 0.233 e. The van der Waals surface area contributed by atoms with Crippen molar-refractivity contribution >= 4 is 11.8 Å². The van der Waals surface area contributed by atoms with Crippen molar-refractivity contribution in [1.29, 1.82) is 0 Å². The first-order valence-electron chi connectivity index (χ1n) is 9.99. The Hall–Kier alpha value is -1.66. The Kier molecular flexibility index (Phi) is 18.4. The van der Waals surface area contributed by atoms with Gasteiger partial charge in [0.1, 0.15) is 0 Å². The Morgan fingerprint density at radius 3 is 1.27 bits per heavy atom. The number of nitrogens with one attached hydrogen (secondary N) is 2. The summed E-state index contributed by atoms with van der Waals surface area (Å²) in [7, 11) is 0. The third-order valence-corrected chi connectivity index (χ3v) is 4.20. The minimum absolute atomic E-state index is 0.0745. The smallest absolute Gasteiger partial charge is 0.233 e. The van der Waals surface area contributed by atoms with Crippen LogP contribution in [0.1, 0.15) is 89.9 Å². The summed E-state index contributed by atoms with van der Waals surface area (Å²) in [6.45, 7) is 0. The minimum atomic E-state index is -0.0745. The van der Waals surface area contributed by atoms with Gasteiger partial charge in [-0.25, -0.2) is 11.7 Å². The van der Waals surface area contributed by atoms with Gasteiger partial charge in [0.05, 0.1) is 0 Å². The van der Waals surface area contributed by atoms with Crippen molar-refractivity contribution in [2.24, 2.45) is 11.7 Å². The van der Waals surface area contributed by atoms with Gasteiger partial charge in [-0.2, -0.15) is 0 Å². The van der Waals surface area contributed by atoms with E-state index in [4.69, 9.17) is 11.7 Å². The lowest BCUT2D eigenvalue weighted by molar-refractivity contribution is -0.122. The van der Waals surface area contributed by atoms with E-state index in [9.17, 15) is 9.59 Å². The molecule has 0 aliphatic rings. The van der Waals surface area contributed by atoms with Crippen LogP contribution in [-0.4, -0.2) is 11.8 Å². The molecule has 0 aliphatic carbocycles. The quantitative estimate of drug-likeness (QED) is 0.104. The molecule has 0 saturated carbocycles. The molecule has 150 valence electrons. The van der Waals surface area contributed by atoms with Gasteiger partial charge in [-0.1, -0.05) is 50.0 Å². The van der Waals surface area contributed by atoms with Crippen LogP contribution in [0.3, 0.4) is 0 Å². The number of nitrogens with two attached hydrogens (primary N) is 2. The number of carbonyl (C=O) groups is 2. The molecule has 0 aliphatic heterocycles. The lowest BCUT2D eigenvalue weighted by Crippen LogP contribution is -2.29. The van der Waals surface area contributed by atoms with Gasteiger partial charge in [0.15, 0.2) is 0 Å². The molecule has 0 aromatic carbocycles. The van der Waals surface area contributed by atoms with E-state index in [2.05, 4.69) is 35.2 Å². The minimum Gasteiger partial charge on any atom is -0.294 e. The topological polar surface area (TPSA) is 110 Å². The monoisotopic (exact) mass is 366 g/mol. The Morgan fingerprint density at radius 2 is 0.885 bits per heavy atom. The fourth-order valence-corrected chi connectivity index (χ4v) is 2.61. The average molecular weight is 367 g/mol. The van der Waals surface area contributed by atoms with Crippen molar-refractivity contribution in [2.45, 2.75) is 89.9 Å². The molecule has 6 nitrogen and oxygen atoms in total. The number of amides is 2. The number of allylic oxidation sites excluding steroid dienone is 4. The standard InChI is InChI=1S/C20H38N4O2/c21-23-19(25)17-15-13-11-9-7-5-3-1-2-4-6-8-10-12-14-16-18-20(26)24-22/h3-6H,1-2,7-18,21-22H2,(H,23,25)(H,24,26)/b5-3-,6-4-. The van der Waals surface area contributed by atoms with Crippen LogP contribution in [-0.2, 0) is 9.59 Å². The van der Waals surface area contributed by atoms with Crippen LogP contribution < -0.4 is 22.5 Å². The molecule has 26 heavy (non-hydrogen) atoms. The molecular formula is C20H38N4O2. The Bertz CT molecular complexity index is 371. The summed E-state index contributed by atoms with van der Waals surface area (Å²) >= 11 is 0. The van der Waals surface area contributed by atoms with E-state index < -0.39 is 0 Å². The Morgan fingerprint density at radius 1 is 0.538 bits per heavy atom. The van der Waals surface area contributed by atoms with Crippen molar-refractivity contribution in [3.8, 4) is 0 Å². The SMILES string of the molecule is NNC(=O)CCCCCC/C=C\CC/C=C\CCCCCCC(=O)NN. The van der Waals surface area contributed by atoms with Gasteiger partial charge < -0.3 is 0 Å². The number of unbranched alkanes of at least 4 members (excludes halogenated alkanes) is 9. The van der Waals surface area contributed by atoms with Crippen molar-refractivity contribution in [3.05, 3.63) is 24.3 Å². The highest BCUT2D eigenvalue weighted by Gasteiger charge is 1.97. The van der Waals surface area contributed by atoms with Crippen LogP contribution in [0.5, 0.6) is 0 Å². The second-order valence-electron chi connectivity index (χ2n) is 6.56. The molecule has 0 bridgehead atoms. The van der Waals surface area contributed by atoms with Gasteiger partial charge in [-0.05, 0) is 51.4 Å². The van der Waals surface area contributed by atoms with Gasteiger partial charge in [0.25, 0.3) is 0 Å². The molecule has 0 saturated heterocycles. The van der Waals surface area contributed by atoms with E-state index in [0.29, 0.717) is 12.8 Å². The van der Waals surface area contributed by atoms with Crippen LogP contribution >= 0.6 is 0 Å². The first kappa shape index (κ1) is 24.3. The maximum atomic E-state index is 10.9. The van der Waals surface area contributed by atoms with Gasteiger partial charge in [-0.15, -0.1) is 0 Å². The Labute approximate surface area is 158 Å². The highest BCUT2D eigenvalue weighted by molar-refractivity contribution is 5.75. The third kappa shape index (κ3) is 18.7. The zero-order valence-corrected chi connectivity index (χ0v) is 16.2. The normalized spacial score (nSPS) is 11.3.